The Kier molecular flexibility index (Phi) is 8.65. The van der Waals surface area contributed by atoms with Crippen LogP contribution in [0, 0.1) is 0 Å². The van der Waals surface area contributed by atoms with Crippen LogP contribution >= 0.6 is 11.6 Å². The lowest BCUT2D eigenvalue weighted by molar-refractivity contribution is -0.117. The van der Waals surface area contributed by atoms with Crippen LogP contribution in [0.5, 0.6) is 0 Å². The fraction of sp³-hybridized carbons (Fsp3) is 0.348. The summed E-state index contributed by atoms with van der Waals surface area (Å²) in [6.07, 6.45) is -0.0137. The Morgan fingerprint density at radius 1 is 1.18 bits per heavy atom. The summed E-state index contributed by atoms with van der Waals surface area (Å²) < 4.78 is 29.7. The van der Waals surface area contributed by atoms with E-state index in [4.69, 9.17) is 22.4 Å². The van der Waals surface area contributed by atoms with E-state index in [-0.39, 0.29) is 24.8 Å². The quantitative estimate of drug-likeness (QED) is 0.402. The van der Waals surface area contributed by atoms with E-state index in [1.165, 1.54) is 9.31 Å². The molecule has 1 aliphatic heterocycles. The van der Waals surface area contributed by atoms with Crippen molar-refractivity contribution in [3.8, 4) is 0 Å². The molecule has 11 heteroatoms. The normalized spacial score (nSPS) is 16.6. The molecule has 1 aliphatic rings. The summed E-state index contributed by atoms with van der Waals surface area (Å²) in [5.41, 5.74) is 7.90. The molecule has 2 aromatic carbocycles. The number of hydrazone groups is 1. The van der Waals surface area contributed by atoms with Crippen molar-refractivity contribution in [2.24, 2.45) is 15.8 Å². The van der Waals surface area contributed by atoms with Gasteiger partial charge in [-0.05, 0) is 23.3 Å². The lowest BCUT2D eigenvalue weighted by Crippen LogP contribution is -2.48. The zero-order chi connectivity index (χ0) is 24.7. The first kappa shape index (κ1) is 25.7. The van der Waals surface area contributed by atoms with Crippen molar-refractivity contribution in [1.82, 2.24) is 14.0 Å². The Morgan fingerprint density at radius 3 is 2.41 bits per heavy atom. The first-order valence-corrected chi connectivity index (χ1v) is 12.8. The first-order chi connectivity index (χ1) is 16.2. The van der Waals surface area contributed by atoms with Crippen LogP contribution in [-0.4, -0.2) is 61.5 Å². The number of nitrogens with two attached hydrogens (primary N) is 1. The average Bonchev–Trinajstić information content (AvgIpc) is 3.25. The van der Waals surface area contributed by atoms with Gasteiger partial charge in [0.05, 0.1) is 18.8 Å². The highest BCUT2D eigenvalue weighted by Gasteiger charge is 2.33. The molecule has 182 valence electrons. The molecular weight excluding hydrogens is 476 g/mol. The number of primary amides is 1. The minimum atomic E-state index is -3.87. The minimum absolute atomic E-state index is 0.0137. The molecule has 9 nitrogen and oxygen atoms in total. The number of carbonyl (C=O) groups is 1. The largest absolute Gasteiger partial charge is 0.370 e. The zero-order valence-corrected chi connectivity index (χ0v) is 20.8. The van der Waals surface area contributed by atoms with E-state index >= 15 is 0 Å². The van der Waals surface area contributed by atoms with Gasteiger partial charge in [0.15, 0.2) is 0 Å². The van der Waals surface area contributed by atoms with Gasteiger partial charge >= 0.3 is 10.2 Å². The number of benzene rings is 2. The monoisotopic (exact) mass is 504 g/mol. The third-order valence-corrected chi connectivity index (χ3v) is 7.27. The van der Waals surface area contributed by atoms with E-state index in [2.05, 4.69) is 9.71 Å². The lowest BCUT2D eigenvalue weighted by atomic mass is 9.91. The highest BCUT2D eigenvalue weighted by Crippen LogP contribution is 2.29. The van der Waals surface area contributed by atoms with Gasteiger partial charge in [0, 0.05) is 30.5 Å². The van der Waals surface area contributed by atoms with Crippen molar-refractivity contribution in [1.29, 1.82) is 0 Å². The van der Waals surface area contributed by atoms with Crippen LogP contribution < -0.4 is 10.5 Å². The molecule has 0 aliphatic carbocycles. The molecule has 2 aromatic rings. The number of rotatable bonds is 9. The number of guanidine groups is 1. The molecule has 0 saturated heterocycles. The maximum absolute atomic E-state index is 13.0. The number of hydrogen-bond donors (Lipinski definition) is 2. The van der Waals surface area contributed by atoms with Crippen molar-refractivity contribution >= 4 is 39.4 Å². The minimum Gasteiger partial charge on any atom is -0.370 e. The predicted octanol–water partition coefficient (Wildman–Crippen LogP) is 2.55. The van der Waals surface area contributed by atoms with E-state index in [9.17, 15) is 13.2 Å². The third kappa shape index (κ3) is 6.34. The van der Waals surface area contributed by atoms with Crippen molar-refractivity contribution in [3.05, 3.63) is 70.7 Å². The average molecular weight is 505 g/mol. The number of aliphatic imine (C=N–C) groups is 1. The fourth-order valence-electron chi connectivity index (χ4n) is 3.64. The summed E-state index contributed by atoms with van der Waals surface area (Å²) in [7, 11) is -3.87. The maximum atomic E-state index is 13.0. The highest BCUT2D eigenvalue weighted by molar-refractivity contribution is 7.87. The summed E-state index contributed by atoms with van der Waals surface area (Å²) in [4.78, 5) is 15.6. The number of amides is 1. The van der Waals surface area contributed by atoms with E-state index in [0.717, 1.165) is 16.8 Å². The van der Waals surface area contributed by atoms with E-state index in [0.29, 0.717) is 24.7 Å². The molecule has 0 radical (unpaired) electrons. The van der Waals surface area contributed by atoms with Gasteiger partial charge in [-0.2, -0.15) is 17.8 Å². The third-order valence-electron chi connectivity index (χ3n) is 5.39. The van der Waals surface area contributed by atoms with Crippen LogP contribution in [-0.2, 0) is 15.0 Å². The van der Waals surface area contributed by atoms with Gasteiger partial charge in [-0.25, -0.2) is 9.73 Å². The Morgan fingerprint density at radius 2 is 1.82 bits per heavy atom. The van der Waals surface area contributed by atoms with Gasteiger partial charge < -0.3 is 5.73 Å². The van der Waals surface area contributed by atoms with E-state index < -0.39 is 16.1 Å². The summed E-state index contributed by atoms with van der Waals surface area (Å²) >= 11 is 6.07. The number of carbonyl (C=O) groups excluding carboxylic acids is 1. The molecule has 34 heavy (non-hydrogen) atoms. The second-order valence-electron chi connectivity index (χ2n) is 7.65. The van der Waals surface area contributed by atoms with Crippen LogP contribution in [0.25, 0.3) is 0 Å². The molecule has 0 fully saturated rings. The Bertz CT molecular complexity index is 1150. The molecule has 1 atom stereocenters. The number of nitrogens with one attached hydrogen (secondary N) is 1. The molecule has 0 spiro atoms. The SMILES string of the molecule is CCN(CC)S(=O)(=O)NC(=NCCC(N)=O)N1CC(c2ccccc2)C(c2ccc(Cl)cc2)=N1. The Hall–Kier alpha value is -2.95. The number of nitrogens with zero attached hydrogens (tertiary/aromatic N) is 4. The van der Waals surface area contributed by atoms with Crippen molar-refractivity contribution in [2.75, 3.05) is 26.2 Å². The summed E-state index contributed by atoms with van der Waals surface area (Å²) in [6.45, 7) is 4.50. The second kappa shape index (κ2) is 11.5. The van der Waals surface area contributed by atoms with Gasteiger partial charge in [0.1, 0.15) is 0 Å². The zero-order valence-electron chi connectivity index (χ0n) is 19.2. The van der Waals surface area contributed by atoms with Crippen LogP contribution in [0.1, 0.15) is 37.3 Å². The molecule has 1 amide bonds. The van der Waals surface area contributed by atoms with Gasteiger partial charge in [-0.15, -0.1) is 0 Å². The Balaban J connectivity index is 2.01. The summed E-state index contributed by atoms with van der Waals surface area (Å²) in [5.74, 6) is -0.622. The van der Waals surface area contributed by atoms with Crippen LogP contribution in [0.3, 0.4) is 0 Å². The highest BCUT2D eigenvalue weighted by atomic mass is 35.5. The number of hydrogen-bond acceptors (Lipinski definition) is 5. The van der Waals surface area contributed by atoms with Gasteiger partial charge in [-0.3, -0.25) is 9.79 Å². The van der Waals surface area contributed by atoms with Gasteiger partial charge in [0.25, 0.3) is 0 Å². The fourth-order valence-corrected chi connectivity index (χ4v) is 4.98. The first-order valence-electron chi connectivity index (χ1n) is 11.0. The topological polar surface area (TPSA) is 120 Å². The number of halogens is 1. The molecule has 1 unspecified atom stereocenters. The summed E-state index contributed by atoms with van der Waals surface area (Å²) in [5, 5.41) is 6.89. The van der Waals surface area contributed by atoms with Crippen molar-refractivity contribution in [3.63, 3.8) is 0 Å². The second-order valence-corrected chi connectivity index (χ2v) is 9.76. The molecule has 0 saturated carbocycles. The predicted molar refractivity (Wildman–Crippen MR) is 135 cm³/mol. The van der Waals surface area contributed by atoms with E-state index in [1.807, 2.05) is 42.5 Å². The van der Waals surface area contributed by atoms with Crippen molar-refractivity contribution in [2.45, 2.75) is 26.2 Å². The molecule has 1 heterocycles. The molecule has 3 rings (SSSR count). The summed E-state index contributed by atoms with van der Waals surface area (Å²) in [6, 6.07) is 17.2. The smallest absolute Gasteiger partial charge is 0.303 e. The van der Waals surface area contributed by atoms with Crippen LogP contribution in [0.2, 0.25) is 5.02 Å². The van der Waals surface area contributed by atoms with Crippen LogP contribution in [0.15, 0.2) is 64.7 Å². The molecule has 0 bridgehead atoms. The Labute approximate surface area is 205 Å². The maximum Gasteiger partial charge on any atom is 0.303 e. The molecular formula is C23H29ClN6O3S. The van der Waals surface area contributed by atoms with Crippen LogP contribution in [0.4, 0.5) is 0 Å². The lowest BCUT2D eigenvalue weighted by Gasteiger charge is -2.24. The van der Waals surface area contributed by atoms with E-state index in [1.54, 1.807) is 26.0 Å². The molecule has 3 N–H and O–H groups in total. The van der Waals surface area contributed by atoms with Gasteiger partial charge in [0.2, 0.25) is 11.9 Å². The van der Waals surface area contributed by atoms with Gasteiger partial charge in [-0.1, -0.05) is 67.9 Å². The van der Waals surface area contributed by atoms with Crippen molar-refractivity contribution < 1.29 is 13.2 Å². The molecule has 0 aromatic heterocycles. The standard InChI is InChI=1S/C23H29ClN6O3S/c1-3-29(4-2)34(32,33)28-23(26-15-14-21(25)31)30-16-20(17-8-6-5-7-9-17)22(27-30)18-10-12-19(24)13-11-18/h5-13,20H,3-4,14-16H2,1-2H3,(H2,25,31)(H,26,28).